The van der Waals surface area contributed by atoms with Crippen LogP contribution in [0.25, 0.3) is 0 Å². The molecule has 1 rings (SSSR count). The molecule has 0 radical (unpaired) electrons. The first-order chi connectivity index (χ1) is 3.80. The molecule has 0 aliphatic carbocycles. The van der Waals surface area contributed by atoms with Gasteiger partial charge in [0.15, 0.2) is 11.6 Å². The van der Waals surface area contributed by atoms with Crippen LogP contribution in [0.4, 0.5) is 0 Å². The SMILES string of the molecule is NC1=NCCCC1=O. The third kappa shape index (κ3) is 0.857. The van der Waals surface area contributed by atoms with E-state index in [9.17, 15) is 4.79 Å². The van der Waals surface area contributed by atoms with Crippen LogP contribution < -0.4 is 5.73 Å². The monoisotopic (exact) mass is 112 g/mol. The lowest BCUT2D eigenvalue weighted by Gasteiger charge is -2.03. The molecule has 1 aliphatic rings. The second-order valence-electron chi connectivity index (χ2n) is 1.79. The molecule has 0 atom stereocenters. The van der Waals surface area contributed by atoms with E-state index in [0.29, 0.717) is 6.42 Å². The number of ketones is 1. The number of Topliss-reactive ketones (excluding diaryl/α,β-unsaturated/α-hetero) is 1. The minimum atomic E-state index is -0.00347. The lowest BCUT2D eigenvalue weighted by Crippen LogP contribution is -2.27. The van der Waals surface area contributed by atoms with E-state index in [0.717, 1.165) is 13.0 Å². The van der Waals surface area contributed by atoms with E-state index in [1.807, 2.05) is 0 Å². The Labute approximate surface area is 47.6 Å². The molecule has 0 aromatic heterocycles. The molecule has 8 heavy (non-hydrogen) atoms. The van der Waals surface area contributed by atoms with Gasteiger partial charge in [-0.2, -0.15) is 0 Å². The highest BCUT2D eigenvalue weighted by Crippen LogP contribution is 1.97. The van der Waals surface area contributed by atoms with Crippen molar-refractivity contribution in [3.05, 3.63) is 0 Å². The van der Waals surface area contributed by atoms with Gasteiger partial charge in [0.1, 0.15) is 0 Å². The fraction of sp³-hybridized carbons (Fsp3) is 0.600. The maximum Gasteiger partial charge on any atom is 0.197 e. The zero-order chi connectivity index (χ0) is 5.98. The second-order valence-corrected chi connectivity index (χ2v) is 1.79. The number of rotatable bonds is 0. The van der Waals surface area contributed by atoms with E-state index in [-0.39, 0.29) is 11.6 Å². The van der Waals surface area contributed by atoms with Gasteiger partial charge in [-0.15, -0.1) is 0 Å². The predicted octanol–water partition coefficient (Wildman–Crippen LogP) is -0.294. The molecule has 1 aliphatic heterocycles. The number of hydrogen-bond donors (Lipinski definition) is 1. The summed E-state index contributed by atoms with van der Waals surface area (Å²) in [6, 6.07) is 0. The summed E-state index contributed by atoms with van der Waals surface area (Å²) in [5, 5.41) is 0. The van der Waals surface area contributed by atoms with Gasteiger partial charge >= 0.3 is 0 Å². The molecule has 0 amide bonds. The minimum absolute atomic E-state index is 0.00347. The van der Waals surface area contributed by atoms with Gasteiger partial charge in [0.2, 0.25) is 0 Å². The number of carbonyl (C=O) groups is 1. The maximum atomic E-state index is 10.5. The van der Waals surface area contributed by atoms with E-state index >= 15 is 0 Å². The Kier molecular flexibility index (Phi) is 1.28. The van der Waals surface area contributed by atoms with Crippen molar-refractivity contribution in [2.75, 3.05) is 6.54 Å². The van der Waals surface area contributed by atoms with Crippen LogP contribution in [0.1, 0.15) is 12.8 Å². The maximum absolute atomic E-state index is 10.5. The van der Waals surface area contributed by atoms with E-state index in [4.69, 9.17) is 5.73 Å². The molecule has 3 nitrogen and oxygen atoms in total. The van der Waals surface area contributed by atoms with Gasteiger partial charge in [-0.3, -0.25) is 9.79 Å². The van der Waals surface area contributed by atoms with Crippen molar-refractivity contribution in [3.63, 3.8) is 0 Å². The summed E-state index contributed by atoms with van der Waals surface area (Å²) < 4.78 is 0. The van der Waals surface area contributed by atoms with Gasteiger partial charge in [0, 0.05) is 13.0 Å². The summed E-state index contributed by atoms with van der Waals surface area (Å²) in [7, 11) is 0. The van der Waals surface area contributed by atoms with Crippen molar-refractivity contribution >= 4 is 11.6 Å². The fourth-order valence-electron chi connectivity index (χ4n) is 0.655. The average Bonchev–Trinajstić information content (AvgIpc) is 1.77. The van der Waals surface area contributed by atoms with Crippen LogP contribution in [-0.4, -0.2) is 18.2 Å². The fourth-order valence-corrected chi connectivity index (χ4v) is 0.655. The molecule has 0 spiro atoms. The van der Waals surface area contributed by atoms with Crippen molar-refractivity contribution in [1.29, 1.82) is 0 Å². The van der Waals surface area contributed by atoms with Gasteiger partial charge in [0.05, 0.1) is 0 Å². The smallest absolute Gasteiger partial charge is 0.197 e. The van der Waals surface area contributed by atoms with Crippen LogP contribution in [0.15, 0.2) is 4.99 Å². The molecule has 3 heteroatoms. The standard InChI is InChI=1S/C5H8N2O/c6-5-4(8)2-1-3-7-5/h1-3H2,(H2,6,7). The van der Waals surface area contributed by atoms with E-state index in [1.54, 1.807) is 0 Å². The van der Waals surface area contributed by atoms with Crippen molar-refractivity contribution < 1.29 is 4.79 Å². The third-order valence-corrected chi connectivity index (χ3v) is 1.13. The Morgan fingerprint density at radius 1 is 1.62 bits per heavy atom. The Bertz CT molecular complexity index is 139. The Balaban J connectivity index is 2.67. The molecule has 1 heterocycles. The molecule has 0 bridgehead atoms. The molecule has 0 aromatic carbocycles. The van der Waals surface area contributed by atoms with Gasteiger partial charge in [-0.1, -0.05) is 0 Å². The molecular weight excluding hydrogens is 104 g/mol. The lowest BCUT2D eigenvalue weighted by molar-refractivity contribution is -0.113. The van der Waals surface area contributed by atoms with Crippen LogP contribution in [0, 0.1) is 0 Å². The largest absolute Gasteiger partial charge is 0.381 e. The highest BCUT2D eigenvalue weighted by molar-refractivity contribution is 6.38. The summed E-state index contributed by atoms with van der Waals surface area (Å²) in [4.78, 5) is 14.3. The van der Waals surface area contributed by atoms with Crippen LogP contribution in [0.3, 0.4) is 0 Å². The number of carbonyl (C=O) groups excluding carboxylic acids is 1. The van der Waals surface area contributed by atoms with Crippen LogP contribution in [-0.2, 0) is 4.79 Å². The van der Waals surface area contributed by atoms with Gasteiger partial charge in [-0.25, -0.2) is 0 Å². The molecule has 0 aromatic rings. The molecule has 0 saturated carbocycles. The Hall–Kier alpha value is -0.860. The molecule has 2 N–H and O–H groups in total. The van der Waals surface area contributed by atoms with Gasteiger partial charge in [0.25, 0.3) is 0 Å². The normalized spacial score (nSPS) is 20.5. The minimum Gasteiger partial charge on any atom is -0.381 e. The summed E-state index contributed by atoms with van der Waals surface area (Å²) in [6.45, 7) is 0.720. The molecule has 0 unspecified atom stereocenters. The van der Waals surface area contributed by atoms with Crippen molar-refractivity contribution in [3.8, 4) is 0 Å². The quantitative estimate of drug-likeness (QED) is 0.468. The highest BCUT2D eigenvalue weighted by Gasteiger charge is 2.09. The Morgan fingerprint density at radius 3 is 2.75 bits per heavy atom. The van der Waals surface area contributed by atoms with E-state index < -0.39 is 0 Å². The topological polar surface area (TPSA) is 55.4 Å². The summed E-state index contributed by atoms with van der Waals surface area (Å²) in [6.07, 6.45) is 1.44. The summed E-state index contributed by atoms with van der Waals surface area (Å²) in [5.74, 6) is 0.201. The molecular formula is C5H8N2O. The van der Waals surface area contributed by atoms with Crippen molar-refractivity contribution in [2.45, 2.75) is 12.8 Å². The lowest BCUT2D eigenvalue weighted by atomic mass is 10.2. The molecule has 44 valence electrons. The molecule has 0 saturated heterocycles. The molecule has 0 fully saturated rings. The average molecular weight is 112 g/mol. The third-order valence-electron chi connectivity index (χ3n) is 1.13. The zero-order valence-corrected chi connectivity index (χ0v) is 4.55. The van der Waals surface area contributed by atoms with Crippen molar-refractivity contribution in [1.82, 2.24) is 0 Å². The number of nitrogens with two attached hydrogens (primary N) is 1. The Morgan fingerprint density at radius 2 is 2.38 bits per heavy atom. The van der Waals surface area contributed by atoms with E-state index in [2.05, 4.69) is 4.99 Å². The second kappa shape index (κ2) is 1.94. The van der Waals surface area contributed by atoms with Crippen LogP contribution in [0.5, 0.6) is 0 Å². The van der Waals surface area contributed by atoms with E-state index in [1.165, 1.54) is 0 Å². The number of amidine groups is 1. The zero-order valence-electron chi connectivity index (χ0n) is 4.55. The number of hydrogen-bond acceptors (Lipinski definition) is 3. The van der Waals surface area contributed by atoms with Crippen molar-refractivity contribution in [2.24, 2.45) is 10.7 Å². The first-order valence-electron chi connectivity index (χ1n) is 2.64. The summed E-state index contributed by atoms with van der Waals surface area (Å²) in [5.41, 5.74) is 5.18. The number of nitrogens with zero attached hydrogens (tertiary/aromatic N) is 1. The number of aliphatic imine (C=N–C) groups is 1. The van der Waals surface area contributed by atoms with Gasteiger partial charge < -0.3 is 5.73 Å². The summed E-state index contributed by atoms with van der Waals surface area (Å²) >= 11 is 0. The highest BCUT2D eigenvalue weighted by atomic mass is 16.1. The first-order valence-corrected chi connectivity index (χ1v) is 2.64. The van der Waals surface area contributed by atoms with Crippen LogP contribution >= 0.6 is 0 Å². The van der Waals surface area contributed by atoms with Gasteiger partial charge in [-0.05, 0) is 6.42 Å². The van der Waals surface area contributed by atoms with Crippen LogP contribution in [0.2, 0.25) is 0 Å². The first kappa shape index (κ1) is 5.28. The predicted molar refractivity (Wildman–Crippen MR) is 30.7 cm³/mol.